The summed E-state index contributed by atoms with van der Waals surface area (Å²) >= 11 is 1.65. The number of rotatable bonds is 5. The maximum absolute atomic E-state index is 12.6. The van der Waals surface area contributed by atoms with Crippen LogP contribution < -0.4 is 0 Å². The van der Waals surface area contributed by atoms with Crippen molar-refractivity contribution in [2.45, 2.75) is 44.3 Å². The molecule has 0 spiro atoms. The molecule has 1 aromatic carbocycles. The molecule has 3 aliphatic heterocycles. The molecular formula is C24H37ClN4O4S. The molecule has 34 heavy (non-hydrogen) atoms. The number of amidine groups is 1. The molecule has 0 radical (unpaired) electrons. The number of nitrogens with zero attached hydrogens (tertiary/aromatic N) is 4. The molecule has 4 aliphatic rings. The number of carbonyl (C=O) groups is 2. The van der Waals surface area contributed by atoms with Crippen LogP contribution in [0.2, 0.25) is 0 Å². The number of benzene rings is 1. The van der Waals surface area contributed by atoms with Gasteiger partial charge in [0.1, 0.15) is 5.84 Å². The summed E-state index contributed by atoms with van der Waals surface area (Å²) in [6.45, 7) is 5.72. The van der Waals surface area contributed by atoms with E-state index in [4.69, 9.17) is 4.40 Å². The lowest BCUT2D eigenvalue weighted by Gasteiger charge is -2.37. The van der Waals surface area contributed by atoms with Crippen molar-refractivity contribution < 1.29 is 20.5 Å². The van der Waals surface area contributed by atoms with Gasteiger partial charge in [0.2, 0.25) is 11.8 Å². The lowest BCUT2D eigenvalue weighted by atomic mass is 9.81. The Labute approximate surface area is 212 Å². The summed E-state index contributed by atoms with van der Waals surface area (Å²) in [5, 5.41) is 0. The van der Waals surface area contributed by atoms with Crippen LogP contribution in [0.5, 0.6) is 0 Å². The first kappa shape index (κ1) is 28.6. The fourth-order valence-electron chi connectivity index (χ4n) is 5.54. The van der Waals surface area contributed by atoms with Crippen molar-refractivity contribution in [2.24, 2.45) is 16.2 Å². The molecule has 4 N–H and O–H groups in total. The van der Waals surface area contributed by atoms with Gasteiger partial charge in [-0.2, -0.15) is 4.40 Å². The second kappa shape index (κ2) is 12.9. The summed E-state index contributed by atoms with van der Waals surface area (Å²) < 4.78 is 4.76. The highest BCUT2D eigenvalue weighted by Gasteiger charge is 2.47. The van der Waals surface area contributed by atoms with E-state index in [1.54, 1.807) is 16.8 Å². The van der Waals surface area contributed by atoms with Gasteiger partial charge >= 0.3 is 0 Å². The molecule has 0 aromatic heterocycles. The maximum Gasteiger partial charge on any atom is 0.233 e. The largest absolute Gasteiger partial charge is 0.412 e. The van der Waals surface area contributed by atoms with Crippen molar-refractivity contribution in [3.63, 3.8) is 0 Å². The predicted molar refractivity (Wildman–Crippen MR) is 138 cm³/mol. The minimum atomic E-state index is -0.0136. The van der Waals surface area contributed by atoms with Gasteiger partial charge in [-0.25, -0.2) is 0 Å². The van der Waals surface area contributed by atoms with E-state index in [9.17, 15) is 9.59 Å². The molecule has 8 nitrogen and oxygen atoms in total. The second-order valence-corrected chi connectivity index (χ2v) is 9.94. The summed E-state index contributed by atoms with van der Waals surface area (Å²) in [7, 11) is 0. The second-order valence-electron chi connectivity index (χ2n) is 9.21. The first-order valence-electron chi connectivity index (χ1n) is 11.8. The summed E-state index contributed by atoms with van der Waals surface area (Å²) in [5.41, 5.74) is 2.67. The van der Waals surface area contributed by atoms with Crippen LogP contribution in [-0.4, -0.2) is 82.6 Å². The Hall–Kier alpha value is -1.65. The maximum atomic E-state index is 12.6. The van der Waals surface area contributed by atoms with Gasteiger partial charge in [-0.3, -0.25) is 19.4 Å². The Morgan fingerprint density at radius 2 is 1.50 bits per heavy atom. The van der Waals surface area contributed by atoms with Crippen LogP contribution in [-0.2, 0) is 15.3 Å². The molecule has 0 unspecified atom stereocenters. The van der Waals surface area contributed by atoms with Crippen molar-refractivity contribution in [1.29, 1.82) is 0 Å². The van der Waals surface area contributed by atoms with Crippen molar-refractivity contribution in [3.8, 4) is 0 Å². The summed E-state index contributed by atoms with van der Waals surface area (Å²) in [6.07, 6.45) is 5.95. The highest BCUT2D eigenvalue weighted by atomic mass is 35.5. The highest BCUT2D eigenvalue weighted by Crippen LogP contribution is 2.38. The standard InChI is InChI=1S/C24H32N4O2S.ClH.2H2O/c29-23-20-9-3-4-10-21(20)24(30)28(23)12-6-5-11-26-13-15-27(16-14-26)22-19-8-2-1-7-18(19)17-31-25-22;;;/h1-2,7-8,20-21H,3-6,9-17H2;1H;2*1H2/t20-,21+;;;. The van der Waals surface area contributed by atoms with Gasteiger partial charge in [0.25, 0.3) is 0 Å². The van der Waals surface area contributed by atoms with E-state index in [1.165, 1.54) is 11.1 Å². The average molecular weight is 513 g/mol. The van der Waals surface area contributed by atoms with Crippen LogP contribution >= 0.6 is 24.4 Å². The van der Waals surface area contributed by atoms with E-state index in [2.05, 4.69) is 34.1 Å². The predicted octanol–water partition coefficient (Wildman–Crippen LogP) is 1.94. The van der Waals surface area contributed by atoms with Crippen LogP contribution in [0.25, 0.3) is 0 Å². The Bertz CT molecular complexity index is 854. The molecule has 1 aromatic rings. The number of halogens is 1. The van der Waals surface area contributed by atoms with E-state index in [1.807, 2.05) is 0 Å². The third kappa shape index (κ3) is 5.76. The molecule has 0 bridgehead atoms. The monoisotopic (exact) mass is 512 g/mol. The van der Waals surface area contributed by atoms with Gasteiger partial charge in [0.15, 0.2) is 0 Å². The lowest BCUT2D eigenvalue weighted by Crippen LogP contribution is -2.49. The molecule has 2 atom stereocenters. The number of unbranched alkanes of at least 4 members (excludes halogenated alkanes) is 1. The lowest BCUT2D eigenvalue weighted by molar-refractivity contribution is -0.140. The van der Waals surface area contributed by atoms with Gasteiger partial charge in [-0.05, 0) is 49.7 Å². The van der Waals surface area contributed by atoms with E-state index >= 15 is 0 Å². The fraction of sp³-hybridized carbons (Fsp3) is 0.625. The Balaban J connectivity index is 0.00000136. The third-order valence-electron chi connectivity index (χ3n) is 7.34. The van der Waals surface area contributed by atoms with Crippen molar-refractivity contribution in [3.05, 3.63) is 35.4 Å². The Morgan fingerprint density at radius 3 is 2.18 bits per heavy atom. The molecule has 1 saturated carbocycles. The zero-order valence-corrected chi connectivity index (χ0v) is 21.2. The number of carbonyl (C=O) groups excluding carboxylic acids is 2. The molecule has 1 aliphatic carbocycles. The van der Waals surface area contributed by atoms with Gasteiger partial charge in [0.05, 0.1) is 11.8 Å². The van der Waals surface area contributed by atoms with Gasteiger partial charge < -0.3 is 15.9 Å². The van der Waals surface area contributed by atoms with E-state index < -0.39 is 0 Å². The van der Waals surface area contributed by atoms with Crippen LogP contribution in [0.15, 0.2) is 28.7 Å². The van der Waals surface area contributed by atoms with Crippen LogP contribution in [0.1, 0.15) is 49.7 Å². The molecule has 2 amide bonds. The number of amides is 2. The molecule has 3 heterocycles. The molecule has 190 valence electrons. The van der Waals surface area contributed by atoms with Crippen molar-refractivity contribution in [1.82, 2.24) is 14.7 Å². The Morgan fingerprint density at radius 1 is 0.882 bits per heavy atom. The third-order valence-corrected chi connectivity index (χ3v) is 8.08. The van der Waals surface area contributed by atoms with E-state index in [-0.39, 0.29) is 47.0 Å². The zero-order chi connectivity index (χ0) is 21.2. The molecular weight excluding hydrogens is 476 g/mol. The van der Waals surface area contributed by atoms with Crippen molar-refractivity contribution in [2.75, 3.05) is 39.3 Å². The minimum absolute atomic E-state index is 0. The summed E-state index contributed by atoms with van der Waals surface area (Å²) in [4.78, 5) is 31.7. The van der Waals surface area contributed by atoms with E-state index in [0.717, 1.165) is 82.8 Å². The fourth-order valence-corrected chi connectivity index (χ4v) is 6.34. The molecule has 5 rings (SSSR count). The summed E-state index contributed by atoms with van der Waals surface area (Å²) in [6, 6.07) is 8.61. The van der Waals surface area contributed by atoms with Crippen LogP contribution in [0.4, 0.5) is 0 Å². The molecule has 2 saturated heterocycles. The number of likely N-dealkylation sites (tertiary alicyclic amines) is 1. The smallest absolute Gasteiger partial charge is 0.233 e. The van der Waals surface area contributed by atoms with Gasteiger partial charge in [-0.1, -0.05) is 37.1 Å². The Kier molecular flexibility index (Phi) is 10.8. The van der Waals surface area contributed by atoms with Crippen molar-refractivity contribution >= 4 is 42.0 Å². The molecule has 3 fully saturated rings. The zero-order valence-electron chi connectivity index (χ0n) is 19.6. The number of fused-ring (bicyclic) bond motifs is 2. The van der Waals surface area contributed by atoms with Crippen LogP contribution in [0.3, 0.4) is 0 Å². The number of hydrogen-bond donors (Lipinski definition) is 0. The average Bonchev–Trinajstić information content (AvgIpc) is 3.07. The molecule has 10 heteroatoms. The SMILES string of the molecule is Cl.O.O.O=C1[C@H]2CCCC[C@H]2C(=O)N1CCCCN1CCN(C2=NSCc3ccccc32)CC1. The highest BCUT2D eigenvalue weighted by molar-refractivity contribution is 7.97. The van der Waals surface area contributed by atoms with Gasteiger partial charge in [0, 0.05) is 44.0 Å². The first-order valence-corrected chi connectivity index (χ1v) is 12.8. The van der Waals surface area contributed by atoms with Gasteiger partial charge in [-0.15, -0.1) is 12.4 Å². The quantitative estimate of drug-likeness (QED) is 0.339. The normalized spacial score (nSPS) is 24.3. The van der Waals surface area contributed by atoms with E-state index in [0.29, 0.717) is 6.54 Å². The number of piperazine rings is 1. The first-order chi connectivity index (χ1) is 15.2. The minimum Gasteiger partial charge on any atom is -0.412 e. The summed E-state index contributed by atoms with van der Waals surface area (Å²) in [5.74, 6) is 2.28. The van der Waals surface area contributed by atoms with Crippen LogP contribution in [0, 0.1) is 11.8 Å². The topological polar surface area (TPSA) is 119 Å². The number of imide groups is 1. The number of hydrogen-bond acceptors (Lipinski definition) is 6.